The van der Waals surface area contributed by atoms with E-state index in [2.05, 4.69) is 0 Å². The van der Waals surface area contributed by atoms with Crippen LogP contribution in [0.5, 0.6) is 0 Å². The fourth-order valence-electron chi connectivity index (χ4n) is 2.42. The molecule has 1 atom stereocenters. The number of hydrogen-bond acceptors (Lipinski definition) is 3. The fourth-order valence-corrected chi connectivity index (χ4v) is 2.42. The quantitative estimate of drug-likeness (QED) is 0.837. The molecule has 0 bridgehead atoms. The van der Waals surface area contributed by atoms with Gasteiger partial charge in [-0.25, -0.2) is 4.79 Å². The van der Waals surface area contributed by atoms with Crippen molar-refractivity contribution in [1.82, 2.24) is 4.90 Å². The molecule has 4 heteroatoms. The van der Waals surface area contributed by atoms with E-state index in [-0.39, 0.29) is 24.5 Å². The summed E-state index contributed by atoms with van der Waals surface area (Å²) in [6.07, 6.45) is 1.95. The zero-order chi connectivity index (χ0) is 13.7. The lowest BCUT2D eigenvalue weighted by molar-refractivity contribution is -0.117. The second kappa shape index (κ2) is 6.36. The van der Waals surface area contributed by atoms with Crippen molar-refractivity contribution in [3.8, 4) is 0 Å². The van der Waals surface area contributed by atoms with Crippen LogP contribution in [0.15, 0.2) is 30.3 Å². The first kappa shape index (κ1) is 13.6. The number of ether oxygens (including phenoxy) is 1. The molecule has 1 amide bonds. The Hall–Kier alpha value is -1.84. The van der Waals surface area contributed by atoms with Crippen molar-refractivity contribution in [2.45, 2.75) is 38.8 Å². The Morgan fingerprint density at radius 1 is 1.32 bits per heavy atom. The fraction of sp³-hybridized carbons (Fsp3) is 0.467. The highest BCUT2D eigenvalue weighted by Gasteiger charge is 2.30. The molecule has 1 fully saturated rings. The molecule has 0 aliphatic carbocycles. The maximum absolute atomic E-state index is 12.0. The summed E-state index contributed by atoms with van der Waals surface area (Å²) in [7, 11) is 0. The Morgan fingerprint density at radius 3 is 2.74 bits per heavy atom. The first-order chi connectivity index (χ1) is 9.16. The van der Waals surface area contributed by atoms with Crippen molar-refractivity contribution in [2.24, 2.45) is 0 Å². The van der Waals surface area contributed by atoms with E-state index in [1.165, 1.54) is 0 Å². The first-order valence-corrected chi connectivity index (χ1v) is 6.63. The van der Waals surface area contributed by atoms with Gasteiger partial charge in [0.05, 0.1) is 0 Å². The highest BCUT2D eigenvalue weighted by Crippen LogP contribution is 2.21. The summed E-state index contributed by atoms with van der Waals surface area (Å²) in [6.45, 7) is 2.53. The van der Waals surface area contributed by atoms with E-state index < -0.39 is 0 Å². The Morgan fingerprint density at radius 2 is 2.05 bits per heavy atom. The molecule has 2 rings (SSSR count). The predicted octanol–water partition coefficient (Wildman–Crippen LogP) is 2.77. The number of Topliss-reactive ketones (excluding diaryl/α,β-unsaturated/α-hetero) is 1. The number of benzene rings is 1. The van der Waals surface area contributed by atoms with Gasteiger partial charge in [-0.15, -0.1) is 0 Å². The van der Waals surface area contributed by atoms with E-state index in [0.29, 0.717) is 13.0 Å². The molecule has 0 radical (unpaired) electrons. The molecule has 1 saturated heterocycles. The highest BCUT2D eigenvalue weighted by molar-refractivity contribution is 5.77. The lowest BCUT2D eigenvalue weighted by Gasteiger charge is -2.23. The third-order valence-corrected chi connectivity index (χ3v) is 3.34. The van der Waals surface area contributed by atoms with Gasteiger partial charge >= 0.3 is 6.09 Å². The molecule has 0 unspecified atom stereocenters. The number of nitrogens with zero attached hydrogens (tertiary/aromatic N) is 1. The van der Waals surface area contributed by atoms with Gasteiger partial charge in [0.2, 0.25) is 0 Å². The van der Waals surface area contributed by atoms with Crippen molar-refractivity contribution < 1.29 is 14.3 Å². The largest absolute Gasteiger partial charge is 0.445 e. The third-order valence-electron chi connectivity index (χ3n) is 3.34. The number of ketones is 1. The number of rotatable bonds is 4. The van der Waals surface area contributed by atoms with E-state index in [0.717, 1.165) is 18.4 Å². The van der Waals surface area contributed by atoms with Gasteiger partial charge in [-0.2, -0.15) is 0 Å². The van der Waals surface area contributed by atoms with Gasteiger partial charge in [0.15, 0.2) is 0 Å². The van der Waals surface area contributed by atoms with E-state index in [1.54, 1.807) is 11.8 Å². The molecule has 4 nitrogen and oxygen atoms in total. The van der Waals surface area contributed by atoms with Gasteiger partial charge < -0.3 is 9.64 Å². The van der Waals surface area contributed by atoms with E-state index >= 15 is 0 Å². The number of carbonyl (C=O) groups excluding carboxylic acids is 2. The first-order valence-electron chi connectivity index (χ1n) is 6.63. The molecule has 0 N–H and O–H groups in total. The topological polar surface area (TPSA) is 46.6 Å². The van der Waals surface area contributed by atoms with Gasteiger partial charge in [-0.05, 0) is 25.3 Å². The second-order valence-electron chi connectivity index (χ2n) is 4.94. The standard InChI is InChI=1S/C15H19NO3/c1-12(17)10-14-8-5-9-16(14)15(18)19-11-13-6-3-2-4-7-13/h2-4,6-7,14H,5,8-11H2,1H3/t14-/m0/s1. The molecule has 1 heterocycles. The van der Waals surface area contributed by atoms with Gasteiger partial charge in [0, 0.05) is 19.0 Å². The number of likely N-dealkylation sites (tertiary alicyclic amines) is 1. The van der Waals surface area contributed by atoms with Crippen LogP contribution >= 0.6 is 0 Å². The number of hydrogen-bond donors (Lipinski definition) is 0. The van der Waals surface area contributed by atoms with Gasteiger partial charge in [0.25, 0.3) is 0 Å². The van der Waals surface area contributed by atoms with Crippen molar-refractivity contribution in [1.29, 1.82) is 0 Å². The van der Waals surface area contributed by atoms with Crippen LogP contribution in [0, 0.1) is 0 Å². The van der Waals surface area contributed by atoms with Crippen LogP contribution in [0.4, 0.5) is 4.79 Å². The maximum atomic E-state index is 12.0. The van der Waals surface area contributed by atoms with Crippen LogP contribution in [-0.2, 0) is 16.1 Å². The zero-order valence-electron chi connectivity index (χ0n) is 11.2. The Balaban J connectivity index is 1.87. The maximum Gasteiger partial charge on any atom is 0.410 e. The summed E-state index contributed by atoms with van der Waals surface area (Å²) in [5.41, 5.74) is 0.971. The normalized spacial score (nSPS) is 18.4. The van der Waals surface area contributed by atoms with Crippen LogP contribution in [-0.4, -0.2) is 29.4 Å². The van der Waals surface area contributed by atoms with Crippen molar-refractivity contribution in [3.63, 3.8) is 0 Å². The van der Waals surface area contributed by atoms with Crippen LogP contribution in [0.2, 0.25) is 0 Å². The third kappa shape index (κ3) is 3.81. The highest BCUT2D eigenvalue weighted by atomic mass is 16.6. The molecule has 1 aliphatic heterocycles. The molecule has 102 valence electrons. The smallest absolute Gasteiger partial charge is 0.410 e. The Kier molecular flexibility index (Phi) is 4.55. The summed E-state index contributed by atoms with van der Waals surface area (Å²) in [5.74, 6) is 0.118. The van der Waals surface area contributed by atoms with E-state index in [1.807, 2.05) is 30.3 Å². The van der Waals surface area contributed by atoms with Crippen molar-refractivity contribution in [2.75, 3.05) is 6.54 Å². The molecule has 1 aromatic carbocycles. The summed E-state index contributed by atoms with van der Waals surface area (Å²) in [5, 5.41) is 0. The molecule has 19 heavy (non-hydrogen) atoms. The van der Waals surface area contributed by atoms with Crippen molar-refractivity contribution >= 4 is 11.9 Å². The monoisotopic (exact) mass is 261 g/mol. The number of carbonyl (C=O) groups is 2. The predicted molar refractivity (Wildman–Crippen MR) is 71.7 cm³/mol. The zero-order valence-corrected chi connectivity index (χ0v) is 11.2. The molecule has 1 aromatic rings. The van der Waals surface area contributed by atoms with Gasteiger partial charge in [-0.3, -0.25) is 4.79 Å². The summed E-state index contributed by atoms with van der Waals surface area (Å²) in [6, 6.07) is 9.61. The van der Waals surface area contributed by atoms with Crippen molar-refractivity contribution in [3.05, 3.63) is 35.9 Å². The van der Waals surface area contributed by atoms with E-state index in [4.69, 9.17) is 4.74 Å². The average Bonchev–Trinajstić information content (AvgIpc) is 2.84. The van der Waals surface area contributed by atoms with Crippen LogP contribution < -0.4 is 0 Å². The minimum absolute atomic E-state index is 0.0146. The summed E-state index contributed by atoms with van der Waals surface area (Å²) in [4.78, 5) is 24.9. The lowest BCUT2D eigenvalue weighted by Crippen LogP contribution is -2.36. The molecule has 0 aromatic heterocycles. The van der Waals surface area contributed by atoms with Crippen LogP contribution in [0.3, 0.4) is 0 Å². The summed E-state index contributed by atoms with van der Waals surface area (Å²) < 4.78 is 5.30. The van der Waals surface area contributed by atoms with Crippen LogP contribution in [0.25, 0.3) is 0 Å². The second-order valence-corrected chi connectivity index (χ2v) is 4.94. The lowest BCUT2D eigenvalue weighted by atomic mass is 10.1. The SMILES string of the molecule is CC(=O)C[C@@H]1CCCN1C(=O)OCc1ccccc1. The van der Waals surface area contributed by atoms with Gasteiger partial charge in [-0.1, -0.05) is 30.3 Å². The number of amides is 1. The van der Waals surface area contributed by atoms with E-state index in [9.17, 15) is 9.59 Å². The molecule has 0 saturated carbocycles. The Labute approximate surface area is 113 Å². The molecule has 1 aliphatic rings. The molecule has 0 spiro atoms. The molecular formula is C15H19NO3. The van der Waals surface area contributed by atoms with Crippen LogP contribution in [0.1, 0.15) is 31.7 Å². The Bertz CT molecular complexity index is 444. The summed E-state index contributed by atoms with van der Waals surface area (Å²) >= 11 is 0. The minimum Gasteiger partial charge on any atom is -0.445 e. The average molecular weight is 261 g/mol. The minimum atomic E-state index is -0.312. The molecular weight excluding hydrogens is 242 g/mol. The van der Waals surface area contributed by atoms with Gasteiger partial charge in [0.1, 0.15) is 12.4 Å².